The van der Waals surface area contributed by atoms with E-state index in [-0.39, 0.29) is 0 Å². The van der Waals surface area contributed by atoms with Crippen LogP contribution in [0, 0.1) is 6.57 Å². The van der Waals surface area contributed by atoms with E-state index in [0.717, 1.165) is 61.3 Å². The van der Waals surface area contributed by atoms with E-state index in [9.17, 15) is 0 Å². The molecule has 0 aliphatic heterocycles. The number of aromatic nitrogens is 3. The molecule has 7 aromatic carbocycles. The van der Waals surface area contributed by atoms with Crippen LogP contribution in [0.4, 0.5) is 5.69 Å². The fourth-order valence-corrected chi connectivity index (χ4v) is 7.78. The van der Waals surface area contributed by atoms with Gasteiger partial charge in [0.25, 0.3) is 0 Å². The molecule has 0 unspecified atom stereocenters. The zero-order chi connectivity index (χ0) is 34.6. The molecule has 0 amide bonds. The lowest BCUT2D eigenvalue weighted by Gasteiger charge is -2.14. The summed E-state index contributed by atoms with van der Waals surface area (Å²) < 4.78 is 4.74. The molecule has 0 saturated carbocycles. The van der Waals surface area contributed by atoms with Crippen LogP contribution in [0.15, 0.2) is 182 Å². The molecular weight excluding hydrogens is 633 g/mol. The van der Waals surface area contributed by atoms with E-state index in [1.165, 1.54) is 21.7 Å². The van der Waals surface area contributed by atoms with E-state index >= 15 is 0 Å². The highest BCUT2D eigenvalue weighted by Crippen LogP contribution is 2.44. The lowest BCUT2D eigenvalue weighted by atomic mass is 9.96. The zero-order valence-corrected chi connectivity index (χ0v) is 28.1. The maximum absolute atomic E-state index is 8.43. The highest BCUT2D eigenvalue weighted by Gasteiger charge is 2.21. The van der Waals surface area contributed by atoms with Gasteiger partial charge in [0.05, 0.1) is 40.0 Å². The summed E-state index contributed by atoms with van der Waals surface area (Å²) in [6.07, 6.45) is 0. The van der Waals surface area contributed by atoms with Crippen LogP contribution >= 0.6 is 0 Å². The second kappa shape index (κ2) is 12.0. The van der Waals surface area contributed by atoms with Gasteiger partial charge in [-0.1, -0.05) is 127 Å². The summed E-state index contributed by atoms with van der Waals surface area (Å²) in [6.45, 7) is 8.43. The molecule has 3 heterocycles. The normalized spacial score (nSPS) is 11.4. The Morgan fingerprint density at radius 3 is 1.56 bits per heavy atom. The minimum Gasteiger partial charge on any atom is -0.309 e. The molecular formula is C48H30N4. The fourth-order valence-electron chi connectivity index (χ4n) is 7.78. The minimum atomic E-state index is 0.543. The number of hydrogen-bond donors (Lipinski definition) is 0. The van der Waals surface area contributed by atoms with Crippen molar-refractivity contribution in [1.82, 2.24) is 14.1 Å². The first-order valence-electron chi connectivity index (χ1n) is 17.4. The quantitative estimate of drug-likeness (QED) is 0.169. The number of pyridine rings is 1. The largest absolute Gasteiger partial charge is 0.309 e. The summed E-state index contributed by atoms with van der Waals surface area (Å²) in [4.78, 5) is 9.23. The third-order valence-corrected chi connectivity index (χ3v) is 10.1. The Morgan fingerprint density at radius 2 is 0.923 bits per heavy atom. The molecule has 0 spiro atoms. The van der Waals surface area contributed by atoms with Crippen LogP contribution in [-0.2, 0) is 0 Å². The van der Waals surface area contributed by atoms with Gasteiger partial charge in [-0.05, 0) is 71.3 Å². The molecule has 0 aliphatic rings. The predicted molar refractivity (Wildman–Crippen MR) is 215 cm³/mol. The molecule has 0 aliphatic carbocycles. The maximum atomic E-state index is 8.43. The third kappa shape index (κ3) is 4.65. The summed E-state index contributed by atoms with van der Waals surface area (Å²) >= 11 is 0. The van der Waals surface area contributed by atoms with Crippen molar-refractivity contribution in [2.24, 2.45) is 0 Å². The van der Waals surface area contributed by atoms with Crippen molar-refractivity contribution in [1.29, 1.82) is 0 Å². The molecule has 10 rings (SSSR count). The lowest BCUT2D eigenvalue weighted by Crippen LogP contribution is -1.96. The number of hydrogen-bond acceptors (Lipinski definition) is 1. The molecule has 0 atom stereocenters. The van der Waals surface area contributed by atoms with Crippen LogP contribution in [0.25, 0.3) is 93.5 Å². The Morgan fingerprint density at radius 1 is 0.404 bits per heavy atom. The van der Waals surface area contributed by atoms with Gasteiger partial charge in [0.2, 0.25) is 5.69 Å². The first kappa shape index (κ1) is 29.7. The van der Waals surface area contributed by atoms with Crippen LogP contribution in [-0.4, -0.2) is 14.1 Å². The molecule has 0 saturated heterocycles. The molecule has 4 nitrogen and oxygen atoms in total. The molecule has 4 heteroatoms. The average Bonchev–Trinajstić information content (AvgIpc) is 3.72. The topological polar surface area (TPSA) is 27.1 Å². The fraction of sp³-hybridized carbons (Fsp3) is 0. The van der Waals surface area contributed by atoms with Crippen LogP contribution < -0.4 is 0 Å². The Hall–Kier alpha value is -7.22. The minimum absolute atomic E-state index is 0.543. The lowest BCUT2D eigenvalue weighted by molar-refractivity contribution is 1.16. The highest BCUT2D eigenvalue weighted by molar-refractivity contribution is 6.19. The summed E-state index contributed by atoms with van der Waals surface area (Å²) in [5.41, 5.74) is 12.6. The maximum Gasteiger partial charge on any atom is 0.220 e. The van der Waals surface area contributed by atoms with Gasteiger partial charge in [0.1, 0.15) is 0 Å². The summed E-state index contributed by atoms with van der Waals surface area (Å²) in [5, 5.41) is 4.78. The van der Waals surface area contributed by atoms with Crippen molar-refractivity contribution >= 4 is 49.3 Å². The predicted octanol–water partition coefficient (Wildman–Crippen LogP) is 12.8. The van der Waals surface area contributed by atoms with Gasteiger partial charge in [0, 0.05) is 38.5 Å². The molecule has 0 bridgehead atoms. The van der Waals surface area contributed by atoms with Gasteiger partial charge in [-0.25, -0.2) is 4.85 Å². The van der Waals surface area contributed by atoms with Crippen molar-refractivity contribution in [2.45, 2.75) is 0 Å². The Labute approximate surface area is 300 Å². The molecule has 0 radical (unpaired) electrons. The molecule has 10 aromatic rings. The summed E-state index contributed by atoms with van der Waals surface area (Å²) in [7, 11) is 0. The highest BCUT2D eigenvalue weighted by atomic mass is 15.0. The zero-order valence-electron chi connectivity index (χ0n) is 28.1. The number of rotatable bonds is 5. The third-order valence-electron chi connectivity index (χ3n) is 10.1. The Balaban J connectivity index is 1.29. The van der Waals surface area contributed by atoms with E-state index < -0.39 is 0 Å². The number of nitrogens with zero attached hydrogens (tertiary/aromatic N) is 4. The van der Waals surface area contributed by atoms with Gasteiger partial charge < -0.3 is 9.13 Å². The van der Waals surface area contributed by atoms with Gasteiger partial charge in [-0.15, -0.1) is 0 Å². The molecule has 52 heavy (non-hydrogen) atoms. The Bertz CT molecular complexity index is 2990. The van der Waals surface area contributed by atoms with E-state index in [1.54, 1.807) is 0 Å². The summed E-state index contributed by atoms with van der Waals surface area (Å²) in [5.74, 6) is 0. The van der Waals surface area contributed by atoms with Crippen LogP contribution in [0.3, 0.4) is 0 Å². The van der Waals surface area contributed by atoms with Crippen molar-refractivity contribution in [2.75, 3.05) is 0 Å². The molecule has 242 valence electrons. The van der Waals surface area contributed by atoms with E-state index in [2.05, 4.69) is 147 Å². The van der Waals surface area contributed by atoms with Crippen LogP contribution in [0.2, 0.25) is 0 Å². The standard InChI is InChI=1S/C48H30N4/c1-49-48-39(30-42(32-16-6-2-7-17-32)50-47(48)33-18-8-3-9-19-33)34-26-27-38-41-29-40-37-24-14-15-25-43(37)51(35-20-10-4-11-21-35)45(40)31-46(41)52(44(38)28-34)36-22-12-5-13-23-36/h2-31H. The van der Waals surface area contributed by atoms with Crippen LogP contribution in [0.1, 0.15) is 0 Å². The van der Waals surface area contributed by atoms with E-state index in [4.69, 9.17) is 11.6 Å². The molecule has 3 aromatic heterocycles. The smallest absolute Gasteiger partial charge is 0.220 e. The average molecular weight is 663 g/mol. The Kier molecular flexibility index (Phi) is 6.84. The van der Waals surface area contributed by atoms with Gasteiger partial charge in [0.15, 0.2) is 0 Å². The van der Waals surface area contributed by atoms with E-state index in [0.29, 0.717) is 11.4 Å². The van der Waals surface area contributed by atoms with Crippen LogP contribution in [0.5, 0.6) is 0 Å². The number of fused-ring (bicyclic) bond motifs is 6. The van der Waals surface area contributed by atoms with Gasteiger partial charge >= 0.3 is 0 Å². The first-order valence-corrected chi connectivity index (χ1v) is 17.4. The molecule has 0 fully saturated rings. The molecule has 0 N–H and O–H groups in total. The first-order chi connectivity index (χ1) is 25.8. The second-order valence-corrected chi connectivity index (χ2v) is 13.1. The van der Waals surface area contributed by atoms with Crippen molar-refractivity contribution < 1.29 is 0 Å². The number of para-hydroxylation sites is 3. The van der Waals surface area contributed by atoms with Gasteiger partial charge in [-0.3, -0.25) is 4.98 Å². The van der Waals surface area contributed by atoms with E-state index in [1.807, 2.05) is 48.5 Å². The summed E-state index contributed by atoms with van der Waals surface area (Å²) in [6, 6.07) is 63.6. The van der Waals surface area contributed by atoms with Crippen molar-refractivity contribution in [3.63, 3.8) is 0 Å². The van der Waals surface area contributed by atoms with Crippen molar-refractivity contribution in [3.8, 4) is 45.0 Å². The van der Waals surface area contributed by atoms with Gasteiger partial charge in [-0.2, -0.15) is 0 Å². The SMILES string of the molecule is [C-]#[N+]c1c(-c2ccc3c4cc5c6ccccc6n(-c6ccccc6)c5cc4n(-c4ccccc4)c3c2)cc(-c2ccccc2)nc1-c1ccccc1. The number of benzene rings is 7. The monoisotopic (exact) mass is 662 g/mol. The van der Waals surface area contributed by atoms with Crippen molar-refractivity contribution in [3.05, 3.63) is 193 Å². The second-order valence-electron chi connectivity index (χ2n) is 13.1.